The van der Waals surface area contributed by atoms with Gasteiger partial charge in [-0.25, -0.2) is 4.39 Å². The molecule has 1 aromatic rings. The Kier molecular flexibility index (Phi) is 3.87. The van der Waals surface area contributed by atoms with Gasteiger partial charge < -0.3 is 0 Å². The average molecular weight is 348 g/mol. The van der Waals surface area contributed by atoms with E-state index < -0.39 is 0 Å². The molecule has 0 saturated heterocycles. The lowest BCUT2D eigenvalue weighted by Gasteiger charge is -2.30. The van der Waals surface area contributed by atoms with Gasteiger partial charge in [-0.3, -0.25) is 11.3 Å². The zero-order chi connectivity index (χ0) is 13.6. The molecule has 0 aliphatic heterocycles. The lowest BCUT2D eigenvalue weighted by Crippen LogP contribution is -2.36. The normalized spacial score (nSPS) is 30.8. The zero-order valence-corrected chi connectivity index (χ0v) is 12.8. The van der Waals surface area contributed by atoms with Crippen LogP contribution in [0.4, 0.5) is 4.39 Å². The van der Waals surface area contributed by atoms with Crippen molar-refractivity contribution in [2.45, 2.75) is 31.7 Å². The van der Waals surface area contributed by atoms with Crippen molar-refractivity contribution < 1.29 is 4.39 Å². The monoisotopic (exact) mass is 346 g/mol. The fourth-order valence-electron chi connectivity index (χ4n) is 3.93. The van der Waals surface area contributed by atoms with Crippen LogP contribution in [0.1, 0.15) is 37.3 Å². The quantitative estimate of drug-likeness (QED) is 0.489. The predicted molar refractivity (Wildman–Crippen MR) is 78.1 cm³/mol. The summed E-state index contributed by atoms with van der Waals surface area (Å²) < 4.78 is 14.9. The lowest BCUT2D eigenvalue weighted by atomic mass is 9.80. The number of halogens is 3. The van der Waals surface area contributed by atoms with E-state index in [-0.39, 0.29) is 16.9 Å². The SMILES string of the molecule is NNC(c1ccc(Br)c(Cl)c1F)C1CC2CCC1C2. The molecule has 0 radical (unpaired) electrons. The molecule has 2 fully saturated rings. The Hall–Kier alpha value is -0.160. The Morgan fingerprint density at radius 1 is 1.37 bits per heavy atom. The van der Waals surface area contributed by atoms with Crippen LogP contribution in [0.5, 0.6) is 0 Å². The fourth-order valence-corrected chi connectivity index (χ4v) is 4.41. The molecule has 1 aromatic carbocycles. The smallest absolute Gasteiger partial charge is 0.147 e. The van der Waals surface area contributed by atoms with Crippen molar-refractivity contribution >= 4 is 27.5 Å². The highest BCUT2D eigenvalue weighted by atomic mass is 79.9. The molecule has 0 amide bonds. The van der Waals surface area contributed by atoms with Gasteiger partial charge in [-0.1, -0.05) is 24.1 Å². The topological polar surface area (TPSA) is 38.0 Å². The van der Waals surface area contributed by atoms with Crippen LogP contribution in [0.25, 0.3) is 0 Å². The number of hydrogen-bond donors (Lipinski definition) is 2. The average Bonchev–Trinajstić information content (AvgIpc) is 3.02. The van der Waals surface area contributed by atoms with Crippen LogP contribution in [0, 0.1) is 23.6 Å². The first-order valence-corrected chi connectivity index (χ1v) is 7.88. The second-order valence-electron chi connectivity index (χ2n) is 5.75. The first-order chi connectivity index (χ1) is 9.11. The minimum Gasteiger partial charge on any atom is -0.271 e. The summed E-state index contributed by atoms with van der Waals surface area (Å²) in [5.74, 6) is 7.25. The van der Waals surface area contributed by atoms with Crippen molar-refractivity contribution in [1.29, 1.82) is 0 Å². The van der Waals surface area contributed by atoms with Crippen molar-refractivity contribution in [2.24, 2.45) is 23.6 Å². The molecule has 19 heavy (non-hydrogen) atoms. The molecule has 5 heteroatoms. The fraction of sp³-hybridized carbons (Fsp3) is 0.571. The van der Waals surface area contributed by atoms with E-state index in [2.05, 4.69) is 21.4 Å². The summed E-state index contributed by atoms with van der Waals surface area (Å²) >= 11 is 9.22. The van der Waals surface area contributed by atoms with Crippen LogP contribution < -0.4 is 11.3 Å². The van der Waals surface area contributed by atoms with Gasteiger partial charge in [0.25, 0.3) is 0 Å². The first-order valence-electron chi connectivity index (χ1n) is 6.71. The molecule has 2 nitrogen and oxygen atoms in total. The maximum atomic E-state index is 14.3. The molecule has 4 atom stereocenters. The Labute approximate surface area is 126 Å². The minimum absolute atomic E-state index is 0.138. The number of nitrogens with two attached hydrogens (primary N) is 1. The molecule has 3 rings (SSSR count). The van der Waals surface area contributed by atoms with Crippen molar-refractivity contribution in [3.05, 3.63) is 33.0 Å². The van der Waals surface area contributed by atoms with Crippen LogP contribution in [0.3, 0.4) is 0 Å². The Morgan fingerprint density at radius 2 is 2.16 bits per heavy atom. The summed E-state index contributed by atoms with van der Waals surface area (Å²) in [5.41, 5.74) is 3.41. The molecule has 0 spiro atoms. The second-order valence-corrected chi connectivity index (χ2v) is 6.98. The van der Waals surface area contributed by atoms with E-state index in [0.717, 1.165) is 12.3 Å². The Bertz CT molecular complexity index is 497. The van der Waals surface area contributed by atoms with Gasteiger partial charge in [0.05, 0.1) is 11.1 Å². The predicted octanol–water partition coefficient (Wildman–Crippen LogP) is 4.18. The van der Waals surface area contributed by atoms with Gasteiger partial charge in [0.15, 0.2) is 0 Å². The Morgan fingerprint density at radius 3 is 2.74 bits per heavy atom. The van der Waals surface area contributed by atoms with Gasteiger partial charge in [0.1, 0.15) is 5.82 Å². The summed E-state index contributed by atoms with van der Waals surface area (Å²) in [6.45, 7) is 0. The van der Waals surface area contributed by atoms with Gasteiger partial charge in [-0.2, -0.15) is 0 Å². The lowest BCUT2D eigenvalue weighted by molar-refractivity contribution is 0.248. The Balaban J connectivity index is 1.93. The van der Waals surface area contributed by atoms with E-state index in [4.69, 9.17) is 17.4 Å². The molecule has 3 N–H and O–H groups in total. The third-order valence-corrected chi connectivity index (χ3v) is 6.06. The van der Waals surface area contributed by atoms with E-state index in [9.17, 15) is 4.39 Å². The number of rotatable bonds is 3. The number of benzene rings is 1. The van der Waals surface area contributed by atoms with Gasteiger partial charge in [-0.15, -0.1) is 0 Å². The summed E-state index contributed by atoms with van der Waals surface area (Å²) in [4.78, 5) is 0. The number of nitrogens with one attached hydrogen (secondary N) is 1. The molecule has 4 unspecified atom stereocenters. The third-order valence-electron chi connectivity index (χ3n) is 4.80. The third kappa shape index (κ3) is 2.33. The van der Waals surface area contributed by atoms with Crippen molar-refractivity contribution in [3.63, 3.8) is 0 Å². The standard InChI is InChI=1S/C14H17BrClFN2/c15-11-4-3-9(13(17)12(11)16)14(19-18)10-6-7-1-2-8(10)5-7/h3-4,7-8,10,14,19H,1-2,5-6,18H2. The highest BCUT2D eigenvalue weighted by Gasteiger charge is 2.43. The number of hydrogen-bond acceptors (Lipinski definition) is 2. The van der Waals surface area contributed by atoms with Crippen LogP contribution in [-0.4, -0.2) is 0 Å². The molecular formula is C14H17BrClFN2. The van der Waals surface area contributed by atoms with E-state index in [0.29, 0.717) is 21.9 Å². The first kappa shape index (κ1) is 13.8. The van der Waals surface area contributed by atoms with Crippen LogP contribution in [0.15, 0.2) is 16.6 Å². The second kappa shape index (κ2) is 5.32. The van der Waals surface area contributed by atoms with Crippen molar-refractivity contribution in [3.8, 4) is 0 Å². The summed E-state index contributed by atoms with van der Waals surface area (Å²) in [7, 11) is 0. The van der Waals surface area contributed by atoms with Crippen LogP contribution in [0.2, 0.25) is 5.02 Å². The largest absolute Gasteiger partial charge is 0.271 e. The van der Waals surface area contributed by atoms with E-state index in [1.54, 1.807) is 12.1 Å². The van der Waals surface area contributed by atoms with E-state index >= 15 is 0 Å². The molecule has 0 heterocycles. The van der Waals surface area contributed by atoms with E-state index in [1.807, 2.05) is 0 Å². The van der Waals surface area contributed by atoms with Gasteiger partial charge in [-0.05, 0) is 59.0 Å². The molecule has 2 aliphatic rings. The number of hydrazine groups is 1. The summed E-state index contributed by atoms with van der Waals surface area (Å²) in [5, 5.41) is 0.140. The van der Waals surface area contributed by atoms with Gasteiger partial charge in [0.2, 0.25) is 0 Å². The molecular weight excluding hydrogens is 331 g/mol. The molecule has 2 saturated carbocycles. The minimum atomic E-state index is -0.359. The maximum absolute atomic E-state index is 14.3. The maximum Gasteiger partial charge on any atom is 0.147 e. The number of fused-ring (bicyclic) bond motifs is 2. The molecule has 104 valence electrons. The van der Waals surface area contributed by atoms with Crippen LogP contribution >= 0.6 is 27.5 Å². The van der Waals surface area contributed by atoms with Gasteiger partial charge in [0, 0.05) is 10.0 Å². The highest BCUT2D eigenvalue weighted by molar-refractivity contribution is 9.10. The van der Waals surface area contributed by atoms with Gasteiger partial charge >= 0.3 is 0 Å². The highest BCUT2D eigenvalue weighted by Crippen LogP contribution is 2.52. The molecule has 2 aliphatic carbocycles. The summed E-state index contributed by atoms with van der Waals surface area (Å²) in [6, 6.07) is 3.43. The van der Waals surface area contributed by atoms with Crippen molar-refractivity contribution in [1.82, 2.24) is 5.43 Å². The molecule has 0 aromatic heterocycles. The van der Waals surface area contributed by atoms with Crippen LogP contribution in [-0.2, 0) is 0 Å². The van der Waals surface area contributed by atoms with Crippen molar-refractivity contribution in [2.75, 3.05) is 0 Å². The van der Waals surface area contributed by atoms with E-state index in [1.165, 1.54) is 19.3 Å². The molecule has 2 bridgehead atoms. The summed E-state index contributed by atoms with van der Waals surface area (Å²) in [6.07, 6.45) is 4.99. The zero-order valence-electron chi connectivity index (χ0n) is 10.5.